The second kappa shape index (κ2) is 8.03. The van der Waals surface area contributed by atoms with Crippen LogP contribution in [0.5, 0.6) is 0 Å². The molecule has 4 heteroatoms. The summed E-state index contributed by atoms with van der Waals surface area (Å²) in [5.74, 6) is -0.629. The van der Waals surface area contributed by atoms with E-state index < -0.39 is 0 Å². The molecule has 0 amide bonds. The molecular formula is C11H18O4. The molecule has 86 valence electrons. The summed E-state index contributed by atoms with van der Waals surface area (Å²) in [6.07, 6.45) is 1.35. The lowest BCUT2D eigenvalue weighted by atomic mass is 10.1. The molecule has 0 bridgehead atoms. The smallest absolute Gasteiger partial charge is 0.333 e. The Balaban J connectivity index is 3.63. The van der Waals surface area contributed by atoms with Crippen molar-refractivity contribution in [2.24, 2.45) is 0 Å². The van der Waals surface area contributed by atoms with Crippen LogP contribution >= 0.6 is 0 Å². The van der Waals surface area contributed by atoms with Crippen molar-refractivity contribution in [1.82, 2.24) is 0 Å². The van der Waals surface area contributed by atoms with E-state index in [9.17, 15) is 9.59 Å². The van der Waals surface area contributed by atoms with Gasteiger partial charge in [-0.1, -0.05) is 6.58 Å². The SMILES string of the molecule is C=C(CCCC(=O)OCC)C(=O)OCC. The van der Waals surface area contributed by atoms with E-state index in [0.29, 0.717) is 38.0 Å². The minimum Gasteiger partial charge on any atom is -0.466 e. The fourth-order valence-corrected chi connectivity index (χ4v) is 1.01. The van der Waals surface area contributed by atoms with E-state index in [1.807, 2.05) is 0 Å². The lowest BCUT2D eigenvalue weighted by molar-refractivity contribution is -0.143. The molecule has 0 heterocycles. The summed E-state index contributed by atoms with van der Waals surface area (Å²) in [4.78, 5) is 22.1. The number of hydrogen-bond acceptors (Lipinski definition) is 4. The number of hydrogen-bond donors (Lipinski definition) is 0. The summed E-state index contributed by atoms with van der Waals surface area (Å²) >= 11 is 0. The van der Waals surface area contributed by atoms with Crippen LogP contribution in [0, 0.1) is 0 Å². The topological polar surface area (TPSA) is 52.6 Å². The van der Waals surface area contributed by atoms with Crippen LogP contribution in [0.15, 0.2) is 12.2 Å². The minimum absolute atomic E-state index is 0.242. The van der Waals surface area contributed by atoms with Crippen molar-refractivity contribution in [3.8, 4) is 0 Å². The van der Waals surface area contributed by atoms with Crippen molar-refractivity contribution in [2.45, 2.75) is 33.1 Å². The summed E-state index contributed by atoms with van der Waals surface area (Å²) in [6, 6.07) is 0. The van der Waals surface area contributed by atoms with E-state index in [4.69, 9.17) is 9.47 Å². The number of carbonyl (C=O) groups excluding carboxylic acids is 2. The molecule has 0 aromatic carbocycles. The predicted molar refractivity (Wildman–Crippen MR) is 56.3 cm³/mol. The third-order valence-corrected chi connectivity index (χ3v) is 1.73. The van der Waals surface area contributed by atoms with Gasteiger partial charge in [0.1, 0.15) is 0 Å². The summed E-state index contributed by atoms with van der Waals surface area (Å²) in [5.41, 5.74) is 0.404. The zero-order valence-corrected chi connectivity index (χ0v) is 9.38. The van der Waals surface area contributed by atoms with Gasteiger partial charge in [0, 0.05) is 12.0 Å². The Kier molecular flexibility index (Phi) is 7.32. The van der Waals surface area contributed by atoms with Gasteiger partial charge in [0.05, 0.1) is 13.2 Å². The lowest BCUT2D eigenvalue weighted by Crippen LogP contribution is -2.08. The standard InChI is InChI=1S/C11H18O4/c1-4-14-10(12)8-6-7-9(3)11(13)15-5-2/h3-8H2,1-2H3. The Bertz CT molecular complexity index is 233. The molecule has 0 spiro atoms. The monoisotopic (exact) mass is 214 g/mol. The molecule has 0 atom stereocenters. The van der Waals surface area contributed by atoms with Crippen LogP contribution in [0.2, 0.25) is 0 Å². The maximum absolute atomic E-state index is 11.1. The van der Waals surface area contributed by atoms with Crippen LogP contribution in [-0.4, -0.2) is 25.2 Å². The van der Waals surface area contributed by atoms with Gasteiger partial charge in [-0.15, -0.1) is 0 Å². The fourth-order valence-electron chi connectivity index (χ4n) is 1.01. The highest BCUT2D eigenvalue weighted by molar-refractivity contribution is 5.87. The molecule has 0 rings (SSSR count). The second-order valence-corrected chi connectivity index (χ2v) is 2.98. The van der Waals surface area contributed by atoms with Gasteiger partial charge >= 0.3 is 11.9 Å². The van der Waals surface area contributed by atoms with Crippen LogP contribution in [0.3, 0.4) is 0 Å². The first-order valence-corrected chi connectivity index (χ1v) is 5.12. The van der Waals surface area contributed by atoms with E-state index in [2.05, 4.69) is 6.58 Å². The van der Waals surface area contributed by atoms with E-state index >= 15 is 0 Å². The number of carbonyl (C=O) groups is 2. The van der Waals surface area contributed by atoms with Crippen molar-refractivity contribution < 1.29 is 19.1 Å². The molecule has 0 aromatic heterocycles. The average Bonchev–Trinajstić information content (AvgIpc) is 2.18. The highest BCUT2D eigenvalue weighted by Gasteiger charge is 2.08. The van der Waals surface area contributed by atoms with E-state index in [1.54, 1.807) is 13.8 Å². The molecule has 0 fully saturated rings. The highest BCUT2D eigenvalue weighted by atomic mass is 16.5. The Hall–Kier alpha value is -1.32. The van der Waals surface area contributed by atoms with Crippen LogP contribution in [0.1, 0.15) is 33.1 Å². The van der Waals surface area contributed by atoms with E-state index in [0.717, 1.165) is 0 Å². The Morgan fingerprint density at radius 3 is 2.20 bits per heavy atom. The molecule has 0 radical (unpaired) electrons. The fraction of sp³-hybridized carbons (Fsp3) is 0.636. The Morgan fingerprint density at radius 2 is 1.67 bits per heavy atom. The van der Waals surface area contributed by atoms with E-state index in [1.165, 1.54) is 0 Å². The van der Waals surface area contributed by atoms with Gasteiger partial charge in [-0.25, -0.2) is 4.79 Å². The zero-order chi connectivity index (χ0) is 11.7. The molecule has 0 aliphatic heterocycles. The first kappa shape index (κ1) is 13.7. The zero-order valence-electron chi connectivity index (χ0n) is 9.38. The van der Waals surface area contributed by atoms with Crippen LogP contribution < -0.4 is 0 Å². The van der Waals surface area contributed by atoms with Crippen molar-refractivity contribution in [3.05, 3.63) is 12.2 Å². The van der Waals surface area contributed by atoms with Gasteiger partial charge in [0.15, 0.2) is 0 Å². The van der Waals surface area contributed by atoms with Gasteiger partial charge in [-0.2, -0.15) is 0 Å². The third kappa shape index (κ3) is 6.71. The average molecular weight is 214 g/mol. The predicted octanol–water partition coefficient (Wildman–Crippen LogP) is 1.84. The molecule has 15 heavy (non-hydrogen) atoms. The summed E-state index contributed by atoms with van der Waals surface area (Å²) in [5, 5.41) is 0. The maximum atomic E-state index is 11.1. The molecule has 0 saturated heterocycles. The molecule has 0 saturated carbocycles. The van der Waals surface area contributed by atoms with Gasteiger partial charge in [-0.3, -0.25) is 4.79 Å². The number of esters is 2. The molecule has 0 aliphatic rings. The van der Waals surface area contributed by atoms with Crippen molar-refractivity contribution in [3.63, 3.8) is 0 Å². The van der Waals surface area contributed by atoms with Crippen molar-refractivity contribution in [1.29, 1.82) is 0 Å². The normalized spacial score (nSPS) is 9.47. The van der Waals surface area contributed by atoms with Crippen LogP contribution in [0.25, 0.3) is 0 Å². The third-order valence-electron chi connectivity index (χ3n) is 1.73. The molecule has 0 N–H and O–H groups in total. The van der Waals surface area contributed by atoms with E-state index in [-0.39, 0.29) is 11.9 Å². The lowest BCUT2D eigenvalue weighted by Gasteiger charge is -2.04. The number of ether oxygens (including phenoxy) is 2. The van der Waals surface area contributed by atoms with Gasteiger partial charge in [-0.05, 0) is 26.7 Å². The van der Waals surface area contributed by atoms with Gasteiger partial charge < -0.3 is 9.47 Å². The van der Waals surface area contributed by atoms with Crippen molar-refractivity contribution in [2.75, 3.05) is 13.2 Å². The van der Waals surface area contributed by atoms with Crippen LogP contribution in [-0.2, 0) is 19.1 Å². The molecule has 0 aliphatic carbocycles. The second-order valence-electron chi connectivity index (χ2n) is 2.98. The van der Waals surface area contributed by atoms with Crippen molar-refractivity contribution >= 4 is 11.9 Å². The van der Waals surface area contributed by atoms with Gasteiger partial charge in [0.25, 0.3) is 0 Å². The summed E-state index contributed by atoms with van der Waals surface area (Å²) in [6.45, 7) is 7.82. The Morgan fingerprint density at radius 1 is 1.07 bits per heavy atom. The first-order valence-electron chi connectivity index (χ1n) is 5.12. The Labute approximate surface area is 90.2 Å². The summed E-state index contributed by atoms with van der Waals surface area (Å²) < 4.78 is 9.50. The molecule has 0 unspecified atom stereocenters. The minimum atomic E-state index is -0.388. The molecule has 0 aromatic rings. The highest BCUT2D eigenvalue weighted by Crippen LogP contribution is 2.07. The largest absolute Gasteiger partial charge is 0.466 e. The number of rotatable bonds is 7. The molecule has 4 nitrogen and oxygen atoms in total. The quantitative estimate of drug-likeness (QED) is 0.479. The maximum Gasteiger partial charge on any atom is 0.333 e. The summed E-state index contributed by atoms with van der Waals surface area (Å²) in [7, 11) is 0. The van der Waals surface area contributed by atoms with Gasteiger partial charge in [0.2, 0.25) is 0 Å². The molecular weight excluding hydrogens is 196 g/mol. The first-order chi connectivity index (χ1) is 7.11. The van der Waals surface area contributed by atoms with Crippen LogP contribution in [0.4, 0.5) is 0 Å².